The molecule has 2 aliphatic carbocycles. The lowest BCUT2D eigenvalue weighted by Gasteiger charge is -2.28. The Morgan fingerprint density at radius 1 is 1.15 bits per heavy atom. The minimum absolute atomic E-state index is 0.160. The molecule has 5 heteroatoms. The SMILES string of the molecule is O=C(O)C1CCC(Nc2ncnc3c2CCCC3)CC1. The molecule has 0 saturated heterocycles. The molecular formula is C15H21N3O2. The summed E-state index contributed by atoms with van der Waals surface area (Å²) in [6.45, 7) is 0. The summed E-state index contributed by atoms with van der Waals surface area (Å²) in [7, 11) is 0. The van der Waals surface area contributed by atoms with Gasteiger partial charge in [0.15, 0.2) is 0 Å². The number of anilines is 1. The molecule has 1 aromatic heterocycles. The van der Waals surface area contributed by atoms with Crippen LogP contribution < -0.4 is 5.32 Å². The van der Waals surface area contributed by atoms with Crippen LogP contribution in [0.5, 0.6) is 0 Å². The fourth-order valence-electron chi connectivity index (χ4n) is 3.32. The molecule has 2 aliphatic rings. The van der Waals surface area contributed by atoms with Gasteiger partial charge in [-0.25, -0.2) is 9.97 Å². The number of hydrogen-bond acceptors (Lipinski definition) is 4. The number of carboxylic acids is 1. The Labute approximate surface area is 118 Å². The number of nitrogens with one attached hydrogen (secondary N) is 1. The van der Waals surface area contributed by atoms with Crippen molar-refractivity contribution >= 4 is 11.8 Å². The van der Waals surface area contributed by atoms with Crippen LogP contribution in [0.4, 0.5) is 5.82 Å². The number of aryl methyl sites for hydroxylation is 1. The maximum Gasteiger partial charge on any atom is 0.306 e. The van der Waals surface area contributed by atoms with Crippen LogP contribution in [-0.4, -0.2) is 27.1 Å². The third-order valence-corrected chi connectivity index (χ3v) is 4.54. The molecule has 0 radical (unpaired) electrons. The molecule has 0 aromatic carbocycles. The molecule has 1 heterocycles. The molecule has 0 atom stereocenters. The quantitative estimate of drug-likeness (QED) is 0.886. The molecule has 2 N–H and O–H groups in total. The Hall–Kier alpha value is -1.65. The Morgan fingerprint density at radius 2 is 1.90 bits per heavy atom. The van der Waals surface area contributed by atoms with Crippen molar-refractivity contribution in [3.63, 3.8) is 0 Å². The number of aliphatic carboxylic acids is 1. The standard InChI is InChI=1S/C15H21N3O2/c19-15(20)10-5-7-11(8-6-10)18-14-12-3-1-2-4-13(12)16-9-17-14/h9-11H,1-8H2,(H,19,20)(H,16,17,18). The van der Waals surface area contributed by atoms with Crippen LogP contribution in [0.25, 0.3) is 0 Å². The minimum atomic E-state index is -0.650. The maximum atomic E-state index is 11.0. The van der Waals surface area contributed by atoms with E-state index in [2.05, 4.69) is 15.3 Å². The summed E-state index contributed by atoms with van der Waals surface area (Å²) < 4.78 is 0. The number of aromatic nitrogens is 2. The lowest BCUT2D eigenvalue weighted by atomic mass is 9.86. The van der Waals surface area contributed by atoms with E-state index in [4.69, 9.17) is 5.11 Å². The number of nitrogens with zero attached hydrogens (tertiary/aromatic N) is 2. The molecule has 0 unspecified atom stereocenters. The second kappa shape index (κ2) is 5.77. The Kier molecular flexibility index (Phi) is 3.85. The van der Waals surface area contributed by atoms with Gasteiger partial charge in [0.1, 0.15) is 12.1 Å². The van der Waals surface area contributed by atoms with Crippen molar-refractivity contribution in [2.75, 3.05) is 5.32 Å². The normalized spacial score (nSPS) is 25.8. The van der Waals surface area contributed by atoms with Gasteiger partial charge in [0.25, 0.3) is 0 Å². The van der Waals surface area contributed by atoms with Crippen molar-refractivity contribution in [1.29, 1.82) is 0 Å². The van der Waals surface area contributed by atoms with Crippen molar-refractivity contribution in [3.8, 4) is 0 Å². The van der Waals surface area contributed by atoms with Gasteiger partial charge in [-0.15, -0.1) is 0 Å². The third-order valence-electron chi connectivity index (χ3n) is 4.54. The molecule has 20 heavy (non-hydrogen) atoms. The summed E-state index contributed by atoms with van der Waals surface area (Å²) in [6.07, 6.45) is 9.54. The van der Waals surface area contributed by atoms with Crippen molar-refractivity contribution in [1.82, 2.24) is 9.97 Å². The van der Waals surface area contributed by atoms with Crippen LogP contribution in [0.15, 0.2) is 6.33 Å². The number of hydrogen-bond donors (Lipinski definition) is 2. The highest BCUT2D eigenvalue weighted by atomic mass is 16.4. The molecule has 3 rings (SSSR count). The first kappa shape index (κ1) is 13.3. The van der Waals surface area contributed by atoms with Crippen LogP contribution in [0.2, 0.25) is 0 Å². The Balaban J connectivity index is 1.66. The molecule has 0 aliphatic heterocycles. The summed E-state index contributed by atoms with van der Waals surface area (Å²) in [5, 5.41) is 12.6. The smallest absolute Gasteiger partial charge is 0.306 e. The average Bonchev–Trinajstić information content (AvgIpc) is 2.48. The first-order valence-corrected chi connectivity index (χ1v) is 7.56. The van der Waals surface area contributed by atoms with Gasteiger partial charge < -0.3 is 10.4 Å². The van der Waals surface area contributed by atoms with Crippen molar-refractivity contribution in [2.24, 2.45) is 5.92 Å². The number of fused-ring (bicyclic) bond motifs is 1. The van der Waals surface area contributed by atoms with Gasteiger partial charge in [-0.05, 0) is 51.4 Å². The van der Waals surface area contributed by atoms with Crippen LogP contribution >= 0.6 is 0 Å². The zero-order valence-corrected chi connectivity index (χ0v) is 11.6. The van der Waals surface area contributed by atoms with Gasteiger partial charge in [0.2, 0.25) is 0 Å². The van der Waals surface area contributed by atoms with Gasteiger partial charge in [-0.3, -0.25) is 4.79 Å². The highest BCUT2D eigenvalue weighted by Gasteiger charge is 2.26. The second-order valence-corrected chi connectivity index (χ2v) is 5.89. The Bertz CT molecular complexity index is 496. The predicted octanol–water partition coefficient (Wildman–Crippen LogP) is 2.41. The molecular weight excluding hydrogens is 254 g/mol. The lowest BCUT2D eigenvalue weighted by molar-refractivity contribution is -0.142. The van der Waals surface area contributed by atoms with E-state index < -0.39 is 5.97 Å². The summed E-state index contributed by atoms with van der Waals surface area (Å²) >= 11 is 0. The maximum absolute atomic E-state index is 11.0. The number of carboxylic acid groups (broad SMARTS) is 1. The number of carbonyl (C=O) groups is 1. The zero-order valence-electron chi connectivity index (χ0n) is 11.6. The molecule has 1 fully saturated rings. The summed E-state index contributed by atoms with van der Waals surface area (Å²) in [5.74, 6) is 0.170. The van der Waals surface area contributed by atoms with Crippen LogP contribution in [0.1, 0.15) is 49.8 Å². The monoisotopic (exact) mass is 275 g/mol. The van der Waals surface area contributed by atoms with E-state index in [1.807, 2.05) is 0 Å². The lowest BCUT2D eigenvalue weighted by Crippen LogP contribution is -2.30. The summed E-state index contributed by atoms with van der Waals surface area (Å²) in [4.78, 5) is 19.8. The van der Waals surface area contributed by atoms with Gasteiger partial charge >= 0.3 is 5.97 Å². The minimum Gasteiger partial charge on any atom is -0.481 e. The van der Waals surface area contributed by atoms with E-state index >= 15 is 0 Å². The molecule has 1 aromatic rings. The van der Waals surface area contributed by atoms with Gasteiger partial charge in [0, 0.05) is 17.3 Å². The van der Waals surface area contributed by atoms with Gasteiger partial charge in [0.05, 0.1) is 5.92 Å². The topological polar surface area (TPSA) is 75.1 Å². The zero-order chi connectivity index (χ0) is 13.9. The van der Waals surface area contributed by atoms with Crippen LogP contribution in [0.3, 0.4) is 0 Å². The predicted molar refractivity (Wildman–Crippen MR) is 75.7 cm³/mol. The molecule has 108 valence electrons. The third kappa shape index (κ3) is 2.76. The van der Waals surface area contributed by atoms with E-state index in [1.165, 1.54) is 24.1 Å². The van der Waals surface area contributed by atoms with Crippen LogP contribution in [0, 0.1) is 5.92 Å². The first-order valence-electron chi connectivity index (χ1n) is 7.56. The summed E-state index contributed by atoms with van der Waals surface area (Å²) in [6, 6.07) is 0.353. The molecule has 5 nitrogen and oxygen atoms in total. The summed E-state index contributed by atoms with van der Waals surface area (Å²) in [5.41, 5.74) is 2.46. The molecule has 0 spiro atoms. The van der Waals surface area contributed by atoms with Crippen LogP contribution in [-0.2, 0) is 17.6 Å². The Morgan fingerprint density at radius 3 is 2.65 bits per heavy atom. The second-order valence-electron chi connectivity index (χ2n) is 5.89. The molecule has 1 saturated carbocycles. The van der Waals surface area contributed by atoms with E-state index in [9.17, 15) is 4.79 Å². The fourth-order valence-corrected chi connectivity index (χ4v) is 3.32. The van der Waals surface area contributed by atoms with Crippen molar-refractivity contribution in [3.05, 3.63) is 17.6 Å². The highest BCUT2D eigenvalue weighted by molar-refractivity contribution is 5.70. The average molecular weight is 275 g/mol. The largest absolute Gasteiger partial charge is 0.481 e. The first-order chi connectivity index (χ1) is 9.74. The van der Waals surface area contributed by atoms with Gasteiger partial charge in [-0.2, -0.15) is 0 Å². The van der Waals surface area contributed by atoms with Crippen molar-refractivity contribution in [2.45, 2.75) is 57.4 Å². The van der Waals surface area contributed by atoms with E-state index in [0.29, 0.717) is 6.04 Å². The van der Waals surface area contributed by atoms with E-state index in [1.54, 1.807) is 6.33 Å². The highest BCUT2D eigenvalue weighted by Crippen LogP contribution is 2.29. The molecule has 0 amide bonds. The van der Waals surface area contributed by atoms with Crippen molar-refractivity contribution < 1.29 is 9.90 Å². The number of rotatable bonds is 3. The fraction of sp³-hybridized carbons (Fsp3) is 0.667. The molecule has 0 bridgehead atoms. The van der Waals surface area contributed by atoms with E-state index in [0.717, 1.165) is 44.3 Å². The van der Waals surface area contributed by atoms with Gasteiger partial charge in [-0.1, -0.05) is 0 Å². The van der Waals surface area contributed by atoms with E-state index in [-0.39, 0.29) is 5.92 Å².